The Labute approximate surface area is 181 Å². The largest absolute Gasteiger partial charge is 0.469 e. The Morgan fingerprint density at radius 2 is 1.58 bits per heavy atom. The van der Waals surface area contributed by atoms with Gasteiger partial charge in [-0.1, -0.05) is 13.0 Å². The molecule has 1 unspecified atom stereocenters. The second-order valence-corrected chi connectivity index (χ2v) is 9.12. The van der Waals surface area contributed by atoms with E-state index in [1.165, 1.54) is 11.6 Å². The number of carbonyl (C=O) groups is 3. The van der Waals surface area contributed by atoms with Crippen LogP contribution in [0.3, 0.4) is 0 Å². The summed E-state index contributed by atoms with van der Waals surface area (Å²) in [6.45, 7) is 11.8. The van der Waals surface area contributed by atoms with Crippen LogP contribution < -0.4 is 4.90 Å². The zero-order valence-corrected chi connectivity index (χ0v) is 19.3. The number of ether oxygens (including phenoxy) is 3. The van der Waals surface area contributed by atoms with Gasteiger partial charge in [-0.15, -0.1) is 10.00 Å². The molecule has 170 valence electrons. The molecule has 2 aromatic heterocycles. The number of pyridine rings is 1. The summed E-state index contributed by atoms with van der Waals surface area (Å²) in [6, 6.07) is 5.19. The lowest BCUT2D eigenvalue weighted by molar-refractivity contribution is -0.144. The zero-order valence-electron chi connectivity index (χ0n) is 19.3. The van der Waals surface area contributed by atoms with Gasteiger partial charge in [0.1, 0.15) is 11.2 Å². The van der Waals surface area contributed by atoms with E-state index in [9.17, 15) is 14.4 Å². The molecule has 2 rings (SSSR count). The highest BCUT2D eigenvalue weighted by atomic mass is 16.6. The molecular weight excluding hydrogens is 404 g/mol. The van der Waals surface area contributed by atoms with Crippen LogP contribution in [0.25, 0.3) is 5.65 Å². The number of hydrogen-bond donors (Lipinski definition) is 0. The number of hydrogen-bond acceptors (Lipinski definition) is 8. The van der Waals surface area contributed by atoms with Crippen LogP contribution >= 0.6 is 0 Å². The van der Waals surface area contributed by atoms with E-state index in [2.05, 4.69) is 10.1 Å². The second kappa shape index (κ2) is 8.91. The predicted octanol–water partition coefficient (Wildman–Crippen LogP) is 3.76. The molecule has 0 aliphatic heterocycles. The summed E-state index contributed by atoms with van der Waals surface area (Å²) in [5.74, 6) is -0.973. The van der Waals surface area contributed by atoms with Crippen molar-refractivity contribution < 1.29 is 28.6 Å². The van der Waals surface area contributed by atoms with Crippen molar-refractivity contribution in [2.24, 2.45) is 5.92 Å². The molecule has 2 amide bonds. The lowest BCUT2D eigenvalue weighted by Gasteiger charge is -2.26. The topological polar surface area (TPSA) is 112 Å². The molecule has 2 aromatic rings. The van der Waals surface area contributed by atoms with Crippen molar-refractivity contribution in [1.82, 2.24) is 14.6 Å². The van der Waals surface area contributed by atoms with Crippen LogP contribution in [-0.2, 0) is 25.4 Å². The van der Waals surface area contributed by atoms with Crippen LogP contribution in [0, 0.1) is 5.92 Å². The minimum atomic E-state index is -0.956. The Bertz CT molecular complexity index is 942. The average molecular weight is 434 g/mol. The van der Waals surface area contributed by atoms with E-state index in [1.54, 1.807) is 66.7 Å². The van der Waals surface area contributed by atoms with Gasteiger partial charge in [0.15, 0.2) is 5.65 Å². The van der Waals surface area contributed by atoms with Gasteiger partial charge in [0.2, 0.25) is 0 Å². The fraction of sp³-hybridized carbons (Fsp3) is 0.571. The summed E-state index contributed by atoms with van der Waals surface area (Å²) in [6.07, 6.45) is -1.59. The molecule has 0 saturated carbocycles. The number of amides is 2. The van der Waals surface area contributed by atoms with Gasteiger partial charge in [-0.05, 0) is 53.7 Å². The van der Waals surface area contributed by atoms with Gasteiger partial charge in [-0.25, -0.2) is 14.1 Å². The molecule has 0 N–H and O–H groups in total. The molecule has 0 fully saturated rings. The van der Waals surface area contributed by atoms with Crippen molar-refractivity contribution in [2.75, 3.05) is 12.0 Å². The number of aromatic nitrogens is 3. The molecule has 0 bridgehead atoms. The average Bonchev–Trinajstić information content (AvgIpc) is 3.02. The minimum Gasteiger partial charge on any atom is -0.469 e. The molecule has 0 aromatic carbocycles. The van der Waals surface area contributed by atoms with Crippen LogP contribution in [0.4, 0.5) is 15.5 Å². The quantitative estimate of drug-likeness (QED) is 0.528. The van der Waals surface area contributed by atoms with Crippen molar-refractivity contribution in [1.29, 1.82) is 0 Å². The van der Waals surface area contributed by atoms with E-state index in [0.29, 0.717) is 22.7 Å². The third kappa shape index (κ3) is 6.40. The SMILES string of the molecule is COC(=O)C(C)Cc1cccc2nc(N(C(=O)OC(C)(C)C)C(=O)OC(C)(C)C)nn12. The second-order valence-electron chi connectivity index (χ2n) is 9.12. The Hall–Kier alpha value is -3.17. The van der Waals surface area contributed by atoms with Crippen molar-refractivity contribution in [3.8, 4) is 0 Å². The molecule has 10 nitrogen and oxygen atoms in total. The normalized spacial score (nSPS) is 12.9. The Morgan fingerprint density at radius 3 is 2.06 bits per heavy atom. The summed E-state index contributed by atoms with van der Waals surface area (Å²) in [5.41, 5.74) is -0.654. The molecule has 0 radical (unpaired) electrons. The first-order valence-electron chi connectivity index (χ1n) is 9.90. The number of anilines is 1. The number of nitrogens with zero attached hydrogens (tertiary/aromatic N) is 4. The van der Waals surface area contributed by atoms with Gasteiger partial charge >= 0.3 is 18.2 Å². The number of esters is 1. The molecule has 2 heterocycles. The maximum Gasteiger partial charge on any atom is 0.427 e. The lowest BCUT2D eigenvalue weighted by Crippen LogP contribution is -2.44. The molecular formula is C21H30N4O6. The smallest absolute Gasteiger partial charge is 0.427 e. The van der Waals surface area contributed by atoms with Gasteiger partial charge in [0.05, 0.1) is 13.0 Å². The third-order valence-corrected chi connectivity index (χ3v) is 3.90. The van der Waals surface area contributed by atoms with Crippen LogP contribution in [-0.4, -0.2) is 51.1 Å². The summed E-state index contributed by atoms with van der Waals surface area (Å²) in [7, 11) is 1.33. The number of rotatable bonds is 4. The molecule has 0 aliphatic rings. The minimum absolute atomic E-state index is 0.193. The Morgan fingerprint density at radius 1 is 1.03 bits per heavy atom. The summed E-state index contributed by atoms with van der Waals surface area (Å²) < 4.78 is 17.0. The molecule has 10 heteroatoms. The highest BCUT2D eigenvalue weighted by Gasteiger charge is 2.35. The summed E-state index contributed by atoms with van der Waals surface area (Å²) in [5, 5.41) is 4.33. The van der Waals surface area contributed by atoms with E-state index in [-0.39, 0.29) is 11.9 Å². The monoisotopic (exact) mass is 434 g/mol. The highest BCUT2D eigenvalue weighted by molar-refractivity contribution is 6.08. The Balaban J connectivity index is 2.49. The molecule has 0 spiro atoms. The summed E-state index contributed by atoms with van der Waals surface area (Å²) in [4.78, 5) is 42.4. The van der Waals surface area contributed by atoms with Gasteiger partial charge in [-0.3, -0.25) is 4.79 Å². The predicted molar refractivity (Wildman–Crippen MR) is 113 cm³/mol. The van der Waals surface area contributed by atoms with Crippen LogP contribution in [0.15, 0.2) is 18.2 Å². The Kier molecular flexibility index (Phi) is 6.93. The van der Waals surface area contributed by atoms with Crippen LogP contribution in [0.5, 0.6) is 0 Å². The third-order valence-electron chi connectivity index (χ3n) is 3.90. The van der Waals surface area contributed by atoms with Gasteiger partial charge in [0.25, 0.3) is 5.95 Å². The van der Waals surface area contributed by atoms with Gasteiger partial charge < -0.3 is 14.2 Å². The standard InChI is InChI=1S/C21H30N4O6/c1-13(16(26)29-8)12-14-10-9-11-15-22-17(23-25(14)15)24(18(27)30-20(2,3)4)19(28)31-21(5,6)7/h9-11,13H,12H2,1-8H3. The fourth-order valence-corrected chi connectivity index (χ4v) is 2.65. The van der Waals surface area contributed by atoms with Crippen molar-refractivity contribution >= 4 is 29.8 Å². The molecule has 0 saturated heterocycles. The first-order valence-corrected chi connectivity index (χ1v) is 9.90. The van der Waals surface area contributed by atoms with Crippen molar-refractivity contribution in [2.45, 2.75) is 66.1 Å². The van der Waals surface area contributed by atoms with Crippen LogP contribution in [0.2, 0.25) is 0 Å². The number of fused-ring (bicyclic) bond motifs is 1. The van der Waals surface area contributed by atoms with E-state index < -0.39 is 29.3 Å². The maximum atomic E-state index is 12.8. The zero-order chi connectivity index (χ0) is 23.6. The molecule has 1 atom stereocenters. The summed E-state index contributed by atoms with van der Waals surface area (Å²) >= 11 is 0. The van der Waals surface area contributed by atoms with E-state index in [4.69, 9.17) is 14.2 Å². The van der Waals surface area contributed by atoms with Crippen molar-refractivity contribution in [3.05, 3.63) is 23.9 Å². The maximum absolute atomic E-state index is 12.8. The van der Waals surface area contributed by atoms with Gasteiger partial charge in [0, 0.05) is 12.1 Å². The number of imide groups is 1. The lowest BCUT2D eigenvalue weighted by atomic mass is 10.1. The van der Waals surface area contributed by atoms with E-state index >= 15 is 0 Å². The number of carbonyl (C=O) groups excluding carboxylic acids is 3. The van der Waals surface area contributed by atoms with E-state index in [1.807, 2.05) is 0 Å². The molecule has 31 heavy (non-hydrogen) atoms. The fourth-order valence-electron chi connectivity index (χ4n) is 2.65. The number of methoxy groups -OCH3 is 1. The van der Waals surface area contributed by atoms with Crippen LogP contribution in [0.1, 0.15) is 54.2 Å². The van der Waals surface area contributed by atoms with E-state index in [0.717, 1.165) is 0 Å². The van der Waals surface area contributed by atoms with Gasteiger partial charge in [-0.2, -0.15) is 4.98 Å². The first-order chi connectivity index (χ1) is 14.2. The first kappa shape index (κ1) is 24.1. The molecule has 0 aliphatic carbocycles. The van der Waals surface area contributed by atoms with Crippen molar-refractivity contribution in [3.63, 3.8) is 0 Å². The highest BCUT2D eigenvalue weighted by Crippen LogP contribution is 2.21.